The second kappa shape index (κ2) is 6.06. The maximum Gasteiger partial charge on any atom is 0.422 e. The zero-order chi connectivity index (χ0) is 14.7. The molecule has 1 unspecified atom stereocenters. The third kappa shape index (κ3) is 5.33. The first-order chi connectivity index (χ1) is 8.62. The van der Waals surface area contributed by atoms with Crippen LogP contribution < -0.4 is 4.72 Å². The molecular formula is C11H22N2O5S. The molecule has 0 saturated carbocycles. The number of hydrogen-bond acceptors (Lipinski definition) is 5. The predicted octanol–water partition coefficient (Wildman–Crippen LogP) is 0.603. The minimum absolute atomic E-state index is 0.178. The van der Waals surface area contributed by atoms with E-state index in [9.17, 15) is 18.3 Å². The molecule has 0 aliphatic carbocycles. The Morgan fingerprint density at radius 2 is 2.00 bits per heavy atom. The van der Waals surface area contributed by atoms with Crippen molar-refractivity contribution >= 4 is 16.3 Å². The van der Waals surface area contributed by atoms with E-state index in [1.807, 2.05) is 4.72 Å². The molecule has 1 rings (SSSR count). The highest BCUT2D eigenvalue weighted by molar-refractivity contribution is 7.87. The first-order valence-corrected chi connectivity index (χ1v) is 7.77. The summed E-state index contributed by atoms with van der Waals surface area (Å²) in [5.74, 6) is 0. The second-order valence-corrected chi connectivity index (χ2v) is 6.98. The quantitative estimate of drug-likeness (QED) is 0.794. The molecule has 7 nitrogen and oxygen atoms in total. The van der Waals surface area contributed by atoms with Crippen molar-refractivity contribution < 1.29 is 23.1 Å². The number of carbonyl (C=O) groups is 1. The Kier molecular flexibility index (Phi) is 5.17. The average Bonchev–Trinajstić information content (AvgIpc) is 2.37. The van der Waals surface area contributed by atoms with Gasteiger partial charge in [0.1, 0.15) is 0 Å². The van der Waals surface area contributed by atoms with Crippen molar-refractivity contribution in [2.24, 2.45) is 0 Å². The first-order valence-electron chi connectivity index (χ1n) is 6.33. The second-order valence-electron chi connectivity index (χ2n) is 5.31. The van der Waals surface area contributed by atoms with Gasteiger partial charge in [0, 0.05) is 13.1 Å². The lowest BCUT2D eigenvalue weighted by Gasteiger charge is -2.22. The van der Waals surface area contributed by atoms with E-state index in [4.69, 9.17) is 4.74 Å². The smallest absolute Gasteiger partial charge is 0.422 e. The van der Waals surface area contributed by atoms with Crippen LogP contribution in [0.1, 0.15) is 40.0 Å². The number of nitrogens with zero attached hydrogens (tertiary/aromatic N) is 1. The fourth-order valence-corrected chi connectivity index (χ4v) is 2.98. The minimum Gasteiger partial charge on any atom is -0.446 e. The molecule has 112 valence electrons. The number of carbonyl (C=O) groups excluding carboxylic acids is 1. The van der Waals surface area contributed by atoms with Crippen LogP contribution in [0, 0.1) is 0 Å². The van der Waals surface area contributed by atoms with Gasteiger partial charge in [-0.1, -0.05) is 0 Å². The summed E-state index contributed by atoms with van der Waals surface area (Å²) < 4.78 is 31.7. The number of aliphatic hydroxyl groups is 1. The van der Waals surface area contributed by atoms with E-state index in [1.165, 1.54) is 0 Å². The molecule has 1 atom stereocenters. The molecule has 0 spiro atoms. The first kappa shape index (κ1) is 16.2. The third-order valence-electron chi connectivity index (χ3n) is 2.92. The summed E-state index contributed by atoms with van der Waals surface area (Å²) in [4.78, 5) is 11.3. The highest BCUT2D eigenvalue weighted by atomic mass is 32.2. The Morgan fingerprint density at radius 1 is 1.37 bits per heavy atom. The lowest BCUT2D eigenvalue weighted by Crippen LogP contribution is -2.44. The van der Waals surface area contributed by atoms with Crippen LogP contribution in [0.15, 0.2) is 0 Å². The third-order valence-corrected chi connectivity index (χ3v) is 4.39. The molecule has 0 aromatic heterocycles. The number of hydrogen-bond donors (Lipinski definition) is 2. The van der Waals surface area contributed by atoms with Crippen LogP contribution in [0.5, 0.6) is 0 Å². The van der Waals surface area contributed by atoms with Gasteiger partial charge in [-0.3, -0.25) is 0 Å². The van der Waals surface area contributed by atoms with Crippen LogP contribution >= 0.6 is 0 Å². The molecule has 0 radical (unpaired) electrons. The Bertz CT molecular complexity index is 419. The van der Waals surface area contributed by atoms with Crippen LogP contribution in [-0.2, 0) is 14.9 Å². The molecule has 1 heterocycles. The number of nitrogens with one attached hydrogen (secondary N) is 1. The Morgan fingerprint density at radius 3 is 2.58 bits per heavy atom. The molecule has 0 aromatic carbocycles. The fraction of sp³-hybridized carbons (Fsp3) is 0.909. The molecule has 0 aromatic rings. The van der Waals surface area contributed by atoms with Crippen molar-refractivity contribution in [3.8, 4) is 0 Å². The predicted molar refractivity (Wildman–Crippen MR) is 69.7 cm³/mol. The normalized spacial score (nSPS) is 25.9. The van der Waals surface area contributed by atoms with E-state index < -0.39 is 21.9 Å². The summed E-state index contributed by atoms with van der Waals surface area (Å²) >= 11 is 0. The zero-order valence-corrected chi connectivity index (χ0v) is 12.4. The molecule has 1 amide bonds. The molecular weight excluding hydrogens is 272 g/mol. The number of amides is 1. The topological polar surface area (TPSA) is 95.9 Å². The molecule has 1 aliphatic heterocycles. The highest BCUT2D eigenvalue weighted by Gasteiger charge is 2.31. The summed E-state index contributed by atoms with van der Waals surface area (Å²) in [6.45, 7) is 5.41. The van der Waals surface area contributed by atoms with Gasteiger partial charge in [0.2, 0.25) is 0 Å². The molecule has 0 bridgehead atoms. The maximum atomic E-state index is 12.0. The standard InChI is InChI=1S/C11H22N2O5S/c1-9(2)18-10(14)12-19(16,17)13-7-4-5-11(3,15)6-8-13/h9,15H,4-8H2,1-3H3,(H,12,14). The van der Waals surface area contributed by atoms with Crippen molar-refractivity contribution in [1.29, 1.82) is 0 Å². The van der Waals surface area contributed by atoms with Gasteiger partial charge >= 0.3 is 16.3 Å². The van der Waals surface area contributed by atoms with Crippen LogP contribution in [0.4, 0.5) is 4.79 Å². The van der Waals surface area contributed by atoms with Crippen LogP contribution in [-0.4, -0.2) is 48.7 Å². The van der Waals surface area contributed by atoms with Gasteiger partial charge in [0.15, 0.2) is 0 Å². The van der Waals surface area contributed by atoms with E-state index in [0.717, 1.165) is 4.31 Å². The lowest BCUT2D eigenvalue weighted by molar-refractivity contribution is 0.0465. The van der Waals surface area contributed by atoms with Crippen molar-refractivity contribution in [2.75, 3.05) is 13.1 Å². The van der Waals surface area contributed by atoms with Gasteiger partial charge in [-0.15, -0.1) is 0 Å². The molecule has 8 heteroatoms. The number of rotatable bonds is 3. The van der Waals surface area contributed by atoms with E-state index in [0.29, 0.717) is 19.3 Å². The highest BCUT2D eigenvalue weighted by Crippen LogP contribution is 2.22. The average molecular weight is 294 g/mol. The summed E-state index contributed by atoms with van der Waals surface area (Å²) in [6, 6.07) is 0. The molecule has 1 fully saturated rings. The Hall–Kier alpha value is -0.860. The summed E-state index contributed by atoms with van der Waals surface area (Å²) in [5.41, 5.74) is -0.858. The van der Waals surface area contributed by atoms with Crippen molar-refractivity contribution in [3.05, 3.63) is 0 Å². The zero-order valence-electron chi connectivity index (χ0n) is 11.5. The van der Waals surface area contributed by atoms with Gasteiger partial charge in [0.05, 0.1) is 11.7 Å². The van der Waals surface area contributed by atoms with Gasteiger partial charge in [-0.05, 0) is 40.0 Å². The van der Waals surface area contributed by atoms with E-state index in [1.54, 1.807) is 20.8 Å². The lowest BCUT2D eigenvalue weighted by atomic mass is 9.98. The van der Waals surface area contributed by atoms with E-state index in [-0.39, 0.29) is 19.2 Å². The molecule has 1 aliphatic rings. The molecule has 1 saturated heterocycles. The van der Waals surface area contributed by atoms with Gasteiger partial charge in [-0.2, -0.15) is 12.7 Å². The Labute approximate surface area is 114 Å². The minimum atomic E-state index is -3.90. The Balaban J connectivity index is 2.64. The van der Waals surface area contributed by atoms with Crippen LogP contribution in [0.3, 0.4) is 0 Å². The molecule has 2 N–H and O–H groups in total. The SMILES string of the molecule is CC(C)OC(=O)NS(=O)(=O)N1CCCC(C)(O)CC1. The van der Waals surface area contributed by atoms with Gasteiger partial charge in [0.25, 0.3) is 0 Å². The summed E-state index contributed by atoms with van der Waals surface area (Å²) in [6.07, 6.45) is 0.0570. The number of ether oxygens (including phenoxy) is 1. The summed E-state index contributed by atoms with van der Waals surface area (Å²) in [5, 5.41) is 9.91. The van der Waals surface area contributed by atoms with Crippen LogP contribution in [0.2, 0.25) is 0 Å². The molecule has 19 heavy (non-hydrogen) atoms. The monoisotopic (exact) mass is 294 g/mol. The van der Waals surface area contributed by atoms with Crippen molar-refractivity contribution in [2.45, 2.75) is 51.7 Å². The van der Waals surface area contributed by atoms with Crippen LogP contribution in [0.25, 0.3) is 0 Å². The largest absolute Gasteiger partial charge is 0.446 e. The van der Waals surface area contributed by atoms with E-state index in [2.05, 4.69) is 0 Å². The fourth-order valence-electron chi connectivity index (χ4n) is 1.89. The van der Waals surface area contributed by atoms with Crippen molar-refractivity contribution in [3.63, 3.8) is 0 Å². The summed E-state index contributed by atoms with van der Waals surface area (Å²) in [7, 11) is -3.90. The maximum absolute atomic E-state index is 12.0. The van der Waals surface area contributed by atoms with Crippen molar-refractivity contribution in [1.82, 2.24) is 9.03 Å². The van der Waals surface area contributed by atoms with Gasteiger partial charge in [-0.25, -0.2) is 9.52 Å². The van der Waals surface area contributed by atoms with Gasteiger partial charge < -0.3 is 9.84 Å². The van der Waals surface area contributed by atoms with E-state index >= 15 is 0 Å².